The van der Waals surface area contributed by atoms with Crippen LogP contribution in [0.5, 0.6) is 0 Å². The van der Waals surface area contributed by atoms with E-state index in [1.54, 1.807) is 0 Å². The maximum Gasteiger partial charge on any atom is 0.146 e. The van der Waals surface area contributed by atoms with Crippen LogP contribution < -0.4 is 9.06 Å². The van der Waals surface area contributed by atoms with Gasteiger partial charge in [0, 0.05) is 23.5 Å². The summed E-state index contributed by atoms with van der Waals surface area (Å²) in [5, 5.41) is 18.0. The van der Waals surface area contributed by atoms with E-state index in [1.807, 2.05) is 30.3 Å². The lowest BCUT2D eigenvalue weighted by Crippen LogP contribution is -2.13. The summed E-state index contributed by atoms with van der Waals surface area (Å²) in [6.07, 6.45) is 32.2. The van der Waals surface area contributed by atoms with Crippen molar-refractivity contribution < 1.29 is 0 Å². The summed E-state index contributed by atoms with van der Waals surface area (Å²) in [5.41, 5.74) is 1.32. The van der Waals surface area contributed by atoms with Crippen molar-refractivity contribution in [2.24, 2.45) is 0 Å². The highest BCUT2D eigenvalue weighted by Gasteiger charge is 2.01. The molecule has 182 valence electrons. The van der Waals surface area contributed by atoms with Gasteiger partial charge in [0.25, 0.3) is 0 Å². The smallest absolute Gasteiger partial charge is 0.146 e. The molecule has 4 heteroatoms. The van der Waals surface area contributed by atoms with Gasteiger partial charge < -0.3 is 4.90 Å². The van der Waals surface area contributed by atoms with Gasteiger partial charge in [-0.05, 0) is 42.4 Å². The zero-order chi connectivity index (χ0) is 24.3. The lowest BCUT2D eigenvalue weighted by molar-refractivity contribution is 0.461. The molecule has 1 aromatic rings. The van der Waals surface area contributed by atoms with Gasteiger partial charge in [-0.3, -0.25) is 0 Å². The van der Waals surface area contributed by atoms with E-state index in [0.717, 1.165) is 21.2 Å². The van der Waals surface area contributed by atoms with E-state index in [9.17, 15) is 0 Å². The SMILES string of the molecule is CCCCCCCCCCCCCCCCN1C=CC(=C/C=c2\ccc(=C(C#N)C#N)s2)C=C1. The van der Waals surface area contributed by atoms with Gasteiger partial charge >= 0.3 is 0 Å². The third-order valence-corrected chi connectivity index (χ3v) is 7.29. The van der Waals surface area contributed by atoms with Gasteiger partial charge in [-0.25, -0.2) is 0 Å². The molecule has 0 aliphatic carbocycles. The summed E-state index contributed by atoms with van der Waals surface area (Å²) in [6, 6.07) is 7.68. The van der Waals surface area contributed by atoms with Crippen molar-refractivity contribution >= 4 is 23.0 Å². The predicted octanol–water partition coefficient (Wildman–Crippen LogP) is 7.48. The van der Waals surface area contributed by atoms with Gasteiger partial charge in [-0.1, -0.05) is 96.5 Å². The molecule has 34 heavy (non-hydrogen) atoms. The van der Waals surface area contributed by atoms with E-state index in [1.165, 1.54) is 101 Å². The Hall–Kier alpha value is -2.56. The van der Waals surface area contributed by atoms with Crippen molar-refractivity contribution in [2.75, 3.05) is 6.54 Å². The first-order valence-electron chi connectivity index (χ1n) is 13.2. The lowest BCUT2D eigenvalue weighted by atomic mass is 10.0. The zero-order valence-electron chi connectivity index (χ0n) is 21.0. The van der Waals surface area contributed by atoms with E-state index in [0.29, 0.717) is 0 Å². The van der Waals surface area contributed by atoms with E-state index >= 15 is 0 Å². The molecule has 0 saturated heterocycles. The number of nitrogens with zero attached hydrogens (tertiary/aromatic N) is 3. The normalized spacial score (nSPS) is 13.2. The van der Waals surface area contributed by atoms with Crippen molar-refractivity contribution in [3.8, 4) is 12.1 Å². The molecule has 1 aromatic heterocycles. The van der Waals surface area contributed by atoms with Crippen LogP contribution in [0, 0.1) is 22.7 Å². The van der Waals surface area contributed by atoms with Gasteiger partial charge in [-0.2, -0.15) is 10.5 Å². The van der Waals surface area contributed by atoms with Crippen molar-refractivity contribution in [3.05, 3.63) is 57.4 Å². The molecule has 3 nitrogen and oxygen atoms in total. The quantitative estimate of drug-likeness (QED) is 0.233. The second-order valence-electron chi connectivity index (χ2n) is 9.10. The van der Waals surface area contributed by atoms with Gasteiger partial charge in [0.1, 0.15) is 17.7 Å². The number of allylic oxidation sites excluding steroid dienone is 4. The molecule has 1 aliphatic heterocycles. The molecule has 0 fully saturated rings. The van der Waals surface area contributed by atoms with Crippen molar-refractivity contribution in [3.63, 3.8) is 0 Å². The van der Waals surface area contributed by atoms with Gasteiger partial charge in [-0.15, -0.1) is 11.3 Å². The van der Waals surface area contributed by atoms with Crippen LogP contribution in [0.1, 0.15) is 96.8 Å². The molecule has 0 amide bonds. The molecule has 0 atom stereocenters. The first-order chi connectivity index (χ1) is 16.8. The minimum atomic E-state index is 0.175. The number of unbranched alkanes of at least 4 members (excludes halogenated alkanes) is 13. The third-order valence-electron chi connectivity index (χ3n) is 6.22. The monoisotopic (exact) mass is 475 g/mol. The van der Waals surface area contributed by atoms with Gasteiger partial charge in [0.05, 0.1) is 4.53 Å². The number of thiophene rings is 1. The zero-order valence-corrected chi connectivity index (χ0v) is 21.8. The number of rotatable bonds is 16. The van der Waals surface area contributed by atoms with Crippen molar-refractivity contribution in [2.45, 2.75) is 96.8 Å². The molecule has 2 heterocycles. The molecule has 0 N–H and O–H groups in total. The Balaban J connectivity index is 1.53. The Bertz CT molecular complexity index is 965. The van der Waals surface area contributed by atoms with Crippen LogP contribution >= 0.6 is 11.3 Å². The van der Waals surface area contributed by atoms with E-state index in [4.69, 9.17) is 10.5 Å². The van der Waals surface area contributed by atoms with Gasteiger partial charge in [0.2, 0.25) is 0 Å². The summed E-state index contributed by atoms with van der Waals surface area (Å²) < 4.78 is 1.76. The van der Waals surface area contributed by atoms with Crippen LogP contribution in [0.4, 0.5) is 0 Å². The second-order valence-corrected chi connectivity index (χ2v) is 10.2. The van der Waals surface area contributed by atoms with Gasteiger partial charge in [0.15, 0.2) is 0 Å². The maximum atomic E-state index is 8.98. The highest BCUT2D eigenvalue weighted by atomic mass is 32.1. The fourth-order valence-electron chi connectivity index (χ4n) is 4.11. The van der Waals surface area contributed by atoms with Crippen LogP contribution in [-0.4, -0.2) is 11.4 Å². The molecular weight excluding hydrogens is 434 g/mol. The maximum absolute atomic E-state index is 8.98. The predicted molar refractivity (Wildman–Crippen MR) is 146 cm³/mol. The highest BCUT2D eigenvalue weighted by Crippen LogP contribution is 2.14. The van der Waals surface area contributed by atoms with E-state index in [-0.39, 0.29) is 5.57 Å². The standard InChI is InChI=1S/C30H41N3S/c1-2-3-4-5-6-7-8-9-10-11-12-13-14-15-22-33-23-20-27(21-24-33)16-17-29-18-19-30(34-29)28(25-31)26-32/h16-21,23-24H,2-15,22H2,1H3/b29-17+. The number of hydrogen-bond donors (Lipinski definition) is 0. The molecular formula is C30H41N3S. The number of nitriles is 2. The summed E-state index contributed by atoms with van der Waals surface area (Å²) in [4.78, 5) is 2.27. The summed E-state index contributed by atoms with van der Waals surface area (Å²) in [5.74, 6) is 0. The molecule has 0 unspecified atom stereocenters. The van der Waals surface area contributed by atoms with Crippen LogP contribution in [0.3, 0.4) is 0 Å². The van der Waals surface area contributed by atoms with E-state index in [2.05, 4.69) is 42.5 Å². The van der Waals surface area contributed by atoms with Crippen LogP contribution in [0.25, 0.3) is 11.6 Å². The molecule has 2 rings (SSSR count). The number of hydrogen-bond acceptors (Lipinski definition) is 4. The molecule has 1 aliphatic rings. The Morgan fingerprint density at radius 1 is 0.765 bits per heavy atom. The average molecular weight is 476 g/mol. The molecule has 0 radical (unpaired) electrons. The van der Waals surface area contributed by atoms with Crippen molar-refractivity contribution in [1.29, 1.82) is 10.5 Å². The third kappa shape index (κ3) is 11.5. The Kier molecular flexibility index (Phi) is 14.5. The fourth-order valence-corrected chi connectivity index (χ4v) is 4.96. The first-order valence-corrected chi connectivity index (χ1v) is 14.0. The molecule has 0 saturated carbocycles. The minimum absolute atomic E-state index is 0.175. The van der Waals surface area contributed by atoms with Crippen LogP contribution in [-0.2, 0) is 0 Å². The second kappa shape index (κ2) is 17.9. The highest BCUT2D eigenvalue weighted by molar-refractivity contribution is 7.07. The molecule has 0 spiro atoms. The summed E-state index contributed by atoms with van der Waals surface area (Å²) >= 11 is 1.47. The summed E-state index contributed by atoms with van der Waals surface area (Å²) in [6.45, 7) is 3.36. The fraction of sp³-hybridized carbons (Fsp3) is 0.533. The minimum Gasteiger partial charge on any atom is -0.354 e. The summed E-state index contributed by atoms with van der Waals surface area (Å²) in [7, 11) is 0. The van der Waals surface area contributed by atoms with E-state index < -0.39 is 0 Å². The topological polar surface area (TPSA) is 50.8 Å². The Labute approximate surface area is 211 Å². The Morgan fingerprint density at radius 2 is 1.29 bits per heavy atom. The van der Waals surface area contributed by atoms with Crippen molar-refractivity contribution in [1.82, 2.24) is 4.90 Å². The average Bonchev–Trinajstić information content (AvgIpc) is 3.33. The van der Waals surface area contributed by atoms with Crippen LogP contribution in [0.2, 0.25) is 0 Å². The lowest BCUT2D eigenvalue weighted by Gasteiger charge is -2.18. The molecule has 0 bridgehead atoms. The molecule has 0 aromatic carbocycles. The Morgan fingerprint density at radius 3 is 1.82 bits per heavy atom. The largest absolute Gasteiger partial charge is 0.354 e. The first kappa shape index (κ1) is 27.7. The van der Waals surface area contributed by atoms with Crippen LogP contribution in [0.15, 0.2) is 48.3 Å².